The van der Waals surface area contributed by atoms with Gasteiger partial charge in [-0.2, -0.15) is 5.10 Å². The number of benzene rings is 1. The van der Waals surface area contributed by atoms with Crippen molar-refractivity contribution >= 4 is 22.2 Å². The van der Waals surface area contributed by atoms with Crippen LogP contribution < -0.4 is 15.4 Å². The molecule has 2 aliphatic rings. The molecule has 0 saturated carbocycles. The number of piperidine rings is 1. The minimum absolute atomic E-state index is 0.180. The molecule has 7 rings (SSSR count). The van der Waals surface area contributed by atoms with Crippen molar-refractivity contribution in [3.05, 3.63) is 78.1 Å². The lowest BCUT2D eigenvalue weighted by atomic mass is 9.87. The van der Waals surface area contributed by atoms with Gasteiger partial charge in [0.15, 0.2) is 11.6 Å². The standard InChI is InChI=1S/C26H23FN6O.CH5N/c1-17-25(32-16-20(27)19-6-2-3-7-21(19)32)33-22(8-12-29-33)23(30-17)31-13-9-26(10-14-31)15-18-5-4-11-28-24(18)34-26;1-2/h2-8,11-12,16H,9-10,13-15H2,1H3;2H2,1H3. The second-order valence-electron chi connectivity index (χ2n) is 9.25. The number of nitrogens with zero attached hydrogens (tertiary/aromatic N) is 6. The smallest absolute Gasteiger partial charge is 0.217 e. The number of fused-ring (bicyclic) bond motifs is 3. The van der Waals surface area contributed by atoms with Gasteiger partial charge in [-0.25, -0.2) is 18.9 Å². The molecule has 6 heterocycles. The van der Waals surface area contributed by atoms with Crippen LogP contribution in [0.3, 0.4) is 0 Å². The van der Waals surface area contributed by atoms with Crippen molar-refractivity contribution in [3.63, 3.8) is 0 Å². The molecule has 9 heteroatoms. The maximum atomic E-state index is 14.7. The molecule has 8 nitrogen and oxygen atoms in total. The van der Waals surface area contributed by atoms with Gasteiger partial charge in [0.2, 0.25) is 5.88 Å². The van der Waals surface area contributed by atoms with Crippen LogP contribution in [0.4, 0.5) is 10.2 Å². The summed E-state index contributed by atoms with van der Waals surface area (Å²) < 4.78 is 24.7. The third-order valence-corrected chi connectivity index (χ3v) is 7.21. The zero-order valence-corrected chi connectivity index (χ0v) is 20.4. The van der Waals surface area contributed by atoms with Crippen molar-refractivity contribution in [1.29, 1.82) is 0 Å². The fraction of sp³-hybridized carbons (Fsp3) is 0.296. The third-order valence-electron chi connectivity index (χ3n) is 7.21. The van der Waals surface area contributed by atoms with E-state index in [-0.39, 0.29) is 11.4 Å². The van der Waals surface area contributed by atoms with Crippen molar-refractivity contribution in [2.75, 3.05) is 25.0 Å². The third kappa shape index (κ3) is 3.42. The summed E-state index contributed by atoms with van der Waals surface area (Å²) in [5, 5.41) is 5.18. The monoisotopic (exact) mass is 485 g/mol. The summed E-state index contributed by atoms with van der Waals surface area (Å²) in [6.45, 7) is 3.63. The molecule has 1 aromatic carbocycles. The second kappa shape index (κ2) is 8.60. The number of para-hydroxylation sites is 1. The number of hydrogen-bond donors (Lipinski definition) is 1. The molecule has 0 aliphatic carbocycles. The highest BCUT2D eigenvalue weighted by Gasteiger charge is 2.43. The Morgan fingerprint density at radius 1 is 1.00 bits per heavy atom. The van der Waals surface area contributed by atoms with Gasteiger partial charge in [0, 0.05) is 55.7 Å². The van der Waals surface area contributed by atoms with Crippen LogP contribution in [0.1, 0.15) is 24.1 Å². The molecule has 2 aliphatic heterocycles. The number of anilines is 1. The highest BCUT2D eigenvalue weighted by molar-refractivity contribution is 5.83. The summed E-state index contributed by atoms with van der Waals surface area (Å²) in [6.07, 6.45) is 7.79. The van der Waals surface area contributed by atoms with Gasteiger partial charge in [-0.1, -0.05) is 18.2 Å². The molecule has 1 fully saturated rings. The van der Waals surface area contributed by atoms with Gasteiger partial charge in [0.25, 0.3) is 0 Å². The predicted molar refractivity (Wildman–Crippen MR) is 137 cm³/mol. The lowest BCUT2D eigenvalue weighted by molar-refractivity contribution is 0.0628. The number of aromatic nitrogens is 5. The van der Waals surface area contributed by atoms with Crippen LogP contribution in [0.25, 0.3) is 22.2 Å². The van der Waals surface area contributed by atoms with E-state index in [9.17, 15) is 4.39 Å². The fourth-order valence-electron chi connectivity index (χ4n) is 5.53. The molecule has 184 valence electrons. The van der Waals surface area contributed by atoms with Gasteiger partial charge >= 0.3 is 0 Å². The Balaban J connectivity index is 0.00000117. The number of pyridine rings is 1. The molecule has 0 bridgehead atoms. The average molecular weight is 486 g/mol. The van der Waals surface area contributed by atoms with Gasteiger partial charge in [0.05, 0.1) is 17.4 Å². The number of ether oxygens (including phenoxy) is 1. The van der Waals surface area contributed by atoms with E-state index in [0.29, 0.717) is 5.39 Å². The number of halogens is 1. The Morgan fingerprint density at radius 2 is 1.81 bits per heavy atom. The molecule has 36 heavy (non-hydrogen) atoms. The summed E-state index contributed by atoms with van der Waals surface area (Å²) >= 11 is 0. The SMILES string of the molecule is CN.Cc1nc(N2CCC3(CC2)Cc2cccnc2O3)c2ccnn2c1-n1cc(F)c2ccccc21. The summed E-state index contributed by atoms with van der Waals surface area (Å²) in [7, 11) is 1.50. The first-order chi connectivity index (χ1) is 17.6. The highest BCUT2D eigenvalue weighted by atomic mass is 19.1. The molecule has 4 aromatic heterocycles. The van der Waals surface area contributed by atoms with Crippen molar-refractivity contribution < 1.29 is 9.13 Å². The lowest BCUT2D eigenvalue weighted by Gasteiger charge is -2.39. The maximum Gasteiger partial charge on any atom is 0.217 e. The topological polar surface area (TPSA) is 86.5 Å². The first-order valence-electron chi connectivity index (χ1n) is 12.2. The summed E-state index contributed by atoms with van der Waals surface area (Å²) in [4.78, 5) is 11.7. The van der Waals surface area contributed by atoms with Crippen molar-refractivity contribution in [1.82, 2.24) is 24.1 Å². The fourth-order valence-corrected chi connectivity index (χ4v) is 5.53. The number of nitrogens with two attached hydrogens (primary N) is 1. The first-order valence-corrected chi connectivity index (χ1v) is 12.2. The van der Waals surface area contributed by atoms with Gasteiger partial charge in [-0.3, -0.25) is 4.57 Å². The van der Waals surface area contributed by atoms with E-state index in [1.165, 1.54) is 18.8 Å². The quantitative estimate of drug-likeness (QED) is 0.406. The van der Waals surface area contributed by atoms with E-state index in [0.717, 1.165) is 66.6 Å². The Bertz CT molecular complexity index is 1540. The van der Waals surface area contributed by atoms with Crippen LogP contribution in [0.5, 0.6) is 5.88 Å². The molecule has 2 N–H and O–H groups in total. The Morgan fingerprint density at radius 3 is 2.61 bits per heavy atom. The van der Waals surface area contributed by atoms with E-state index >= 15 is 0 Å². The average Bonchev–Trinajstić information content (AvgIpc) is 3.61. The van der Waals surface area contributed by atoms with Crippen molar-refractivity contribution in [2.24, 2.45) is 5.73 Å². The number of aryl methyl sites for hydroxylation is 1. The van der Waals surface area contributed by atoms with E-state index in [1.807, 2.05) is 46.3 Å². The molecule has 0 unspecified atom stereocenters. The first kappa shape index (κ1) is 22.5. The molecular weight excluding hydrogens is 457 g/mol. The normalized spacial score (nSPS) is 16.2. The van der Waals surface area contributed by atoms with E-state index < -0.39 is 0 Å². The minimum Gasteiger partial charge on any atom is -0.470 e. The van der Waals surface area contributed by atoms with Crippen LogP contribution in [-0.2, 0) is 6.42 Å². The van der Waals surface area contributed by atoms with Crippen LogP contribution in [0, 0.1) is 12.7 Å². The van der Waals surface area contributed by atoms with Crippen LogP contribution in [-0.4, -0.2) is 49.9 Å². The van der Waals surface area contributed by atoms with Crippen LogP contribution in [0.2, 0.25) is 0 Å². The molecular formula is C27H28FN7O. The molecule has 1 spiro atoms. The van der Waals surface area contributed by atoms with Gasteiger partial charge < -0.3 is 15.4 Å². The zero-order chi connectivity index (χ0) is 24.9. The number of hydrogen-bond acceptors (Lipinski definition) is 6. The summed E-state index contributed by atoms with van der Waals surface area (Å²) in [5.74, 6) is 2.17. The largest absolute Gasteiger partial charge is 0.470 e. The zero-order valence-electron chi connectivity index (χ0n) is 20.4. The Hall–Kier alpha value is -3.98. The summed E-state index contributed by atoms with van der Waals surface area (Å²) in [5.41, 5.74) is 8.01. The maximum absolute atomic E-state index is 14.7. The van der Waals surface area contributed by atoms with Crippen LogP contribution >= 0.6 is 0 Å². The van der Waals surface area contributed by atoms with Crippen molar-refractivity contribution in [2.45, 2.75) is 31.8 Å². The molecule has 0 radical (unpaired) electrons. The van der Waals surface area contributed by atoms with E-state index in [2.05, 4.69) is 26.8 Å². The summed E-state index contributed by atoms with van der Waals surface area (Å²) in [6, 6.07) is 13.5. The van der Waals surface area contributed by atoms with Gasteiger partial charge in [0.1, 0.15) is 16.9 Å². The highest BCUT2D eigenvalue weighted by Crippen LogP contribution is 2.41. The molecule has 5 aromatic rings. The Labute approximate surface area is 208 Å². The molecule has 0 amide bonds. The Kier molecular flexibility index (Phi) is 5.37. The molecule has 0 atom stereocenters. The van der Waals surface area contributed by atoms with Gasteiger partial charge in [-0.15, -0.1) is 0 Å². The molecule has 1 saturated heterocycles. The van der Waals surface area contributed by atoms with Gasteiger partial charge in [-0.05, 0) is 38.2 Å². The van der Waals surface area contributed by atoms with Crippen molar-refractivity contribution in [3.8, 4) is 11.7 Å². The van der Waals surface area contributed by atoms with E-state index in [4.69, 9.17) is 9.72 Å². The van der Waals surface area contributed by atoms with Crippen LogP contribution in [0.15, 0.2) is 61.1 Å². The van der Waals surface area contributed by atoms with E-state index in [1.54, 1.807) is 18.5 Å². The lowest BCUT2D eigenvalue weighted by Crippen LogP contribution is -2.47. The second-order valence-corrected chi connectivity index (χ2v) is 9.25. The number of rotatable bonds is 2. The predicted octanol–water partition coefficient (Wildman–Crippen LogP) is 4.06. The minimum atomic E-state index is -0.257.